The average molecular weight is 498 g/mol. The van der Waals surface area contributed by atoms with E-state index in [1.807, 2.05) is 18.2 Å². The van der Waals surface area contributed by atoms with Gasteiger partial charge in [0.15, 0.2) is 5.75 Å². The minimum atomic E-state index is -5.21. The number of nitrogens with one attached hydrogen (secondary N) is 2. The topological polar surface area (TPSA) is 111 Å². The van der Waals surface area contributed by atoms with Crippen molar-refractivity contribution in [2.45, 2.75) is 43.3 Å². The second-order valence-electron chi connectivity index (χ2n) is 8.10. The Kier molecular flexibility index (Phi) is 7.83. The van der Waals surface area contributed by atoms with Crippen LogP contribution in [0.5, 0.6) is 5.75 Å². The second kappa shape index (κ2) is 10.4. The highest BCUT2D eigenvalue weighted by atomic mass is 35.5. The quantitative estimate of drug-likeness (QED) is 0.305. The van der Waals surface area contributed by atoms with Crippen LogP contribution < -0.4 is 21.1 Å². The summed E-state index contributed by atoms with van der Waals surface area (Å²) in [7, 11) is 0. The number of ether oxygens (including phenoxy) is 1. The summed E-state index contributed by atoms with van der Waals surface area (Å²) >= 11 is 6.14. The standard InChI is InChI=1S/C23H23ClF3N3O4/c24-16-3-1-2-15(11-16)22(12-28)8-6-17(7-9-22)30-20(32)14-4-5-19(18(10-14)29-13-31)34-21(33)23(25,26)27/h1-5,10-11,13,17H,6-9,12,28H2,(H,29,31)(H,30,32). The fraction of sp³-hybridized carbons (Fsp3) is 0.348. The van der Waals surface area contributed by atoms with Crippen molar-refractivity contribution in [1.29, 1.82) is 0 Å². The summed E-state index contributed by atoms with van der Waals surface area (Å²) in [5, 5.41) is 5.68. The lowest BCUT2D eigenvalue weighted by Gasteiger charge is -2.40. The first kappa shape index (κ1) is 25.5. The molecule has 0 radical (unpaired) electrons. The molecule has 0 heterocycles. The molecule has 0 atom stereocenters. The van der Waals surface area contributed by atoms with Crippen LogP contribution in [-0.4, -0.2) is 37.0 Å². The highest BCUT2D eigenvalue weighted by Crippen LogP contribution is 2.39. The fourth-order valence-electron chi connectivity index (χ4n) is 4.11. The Morgan fingerprint density at radius 3 is 2.47 bits per heavy atom. The third-order valence-corrected chi connectivity index (χ3v) is 6.23. The summed E-state index contributed by atoms with van der Waals surface area (Å²) in [4.78, 5) is 34.7. The predicted molar refractivity (Wildman–Crippen MR) is 120 cm³/mol. The van der Waals surface area contributed by atoms with E-state index >= 15 is 0 Å². The summed E-state index contributed by atoms with van der Waals surface area (Å²) in [6.45, 7) is 0.437. The Bertz CT molecular complexity index is 1070. The number of nitrogens with two attached hydrogens (primary N) is 1. The fourth-order valence-corrected chi connectivity index (χ4v) is 4.30. The molecule has 1 saturated carbocycles. The zero-order valence-electron chi connectivity index (χ0n) is 18.0. The van der Waals surface area contributed by atoms with Crippen LogP contribution in [0.4, 0.5) is 18.9 Å². The van der Waals surface area contributed by atoms with E-state index in [1.165, 1.54) is 6.07 Å². The Balaban J connectivity index is 1.68. The van der Waals surface area contributed by atoms with E-state index in [0.29, 0.717) is 24.4 Å². The van der Waals surface area contributed by atoms with Crippen LogP contribution in [0.2, 0.25) is 5.02 Å². The van der Waals surface area contributed by atoms with E-state index in [9.17, 15) is 27.6 Å². The van der Waals surface area contributed by atoms with Crippen molar-refractivity contribution in [2.75, 3.05) is 11.9 Å². The van der Waals surface area contributed by atoms with Crippen molar-refractivity contribution in [1.82, 2.24) is 5.32 Å². The number of alkyl halides is 3. The van der Waals surface area contributed by atoms with Crippen LogP contribution in [0, 0.1) is 0 Å². The molecule has 0 unspecified atom stereocenters. The highest BCUT2D eigenvalue weighted by Gasteiger charge is 2.42. The number of benzene rings is 2. The largest absolute Gasteiger partial charge is 0.491 e. The Morgan fingerprint density at radius 2 is 1.88 bits per heavy atom. The van der Waals surface area contributed by atoms with E-state index in [2.05, 4.69) is 15.4 Å². The van der Waals surface area contributed by atoms with Gasteiger partial charge in [-0.2, -0.15) is 13.2 Å². The first-order chi connectivity index (χ1) is 16.1. The summed E-state index contributed by atoms with van der Waals surface area (Å²) < 4.78 is 41.8. The molecule has 0 spiro atoms. The SMILES string of the molecule is NCC1(c2cccc(Cl)c2)CCC(NC(=O)c2ccc(OC(=O)C(F)(F)F)c(NC=O)c2)CC1. The molecule has 0 bridgehead atoms. The molecule has 0 saturated heterocycles. The third-order valence-electron chi connectivity index (χ3n) is 6.00. The molecule has 1 fully saturated rings. The summed E-state index contributed by atoms with van der Waals surface area (Å²) in [5.74, 6) is -3.45. The zero-order chi connectivity index (χ0) is 24.9. The molecule has 1 aliphatic rings. The van der Waals surface area contributed by atoms with Gasteiger partial charge in [0.1, 0.15) is 0 Å². The van der Waals surface area contributed by atoms with Crippen molar-refractivity contribution in [3.63, 3.8) is 0 Å². The molecule has 1 aliphatic carbocycles. The molecular weight excluding hydrogens is 475 g/mol. The highest BCUT2D eigenvalue weighted by molar-refractivity contribution is 6.30. The Morgan fingerprint density at radius 1 is 1.18 bits per heavy atom. The number of hydrogen-bond acceptors (Lipinski definition) is 5. The van der Waals surface area contributed by atoms with E-state index < -0.39 is 23.8 Å². The number of carbonyl (C=O) groups excluding carboxylic acids is 3. The average Bonchev–Trinajstić information content (AvgIpc) is 2.80. The van der Waals surface area contributed by atoms with Crippen molar-refractivity contribution in [3.05, 3.63) is 58.6 Å². The van der Waals surface area contributed by atoms with Gasteiger partial charge in [-0.3, -0.25) is 9.59 Å². The maximum Gasteiger partial charge on any atom is 0.491 e. The monoisotopic (exact) mass is 497 g/mol. The normalized spacial score (nSPS) is 20.3. The number of esters is 1. The van der Waals surface area contributed by atoms with E-state index in [1.54, 1.807) is 6.07 Å². The summed E-state index contributed by atoms with van der Waals surface area (Å²) in [5.41, 5.74) is 6.77. The minimum absolute atomic E-state index is 0.0849. The first-order valence-corrected chi connectivity index (χ1v) is 10.9. The minimum Gasteiger partial charge on any atom is -0.418 e. The number of hydrogen-bond donors (Lipinski definition) is 3. The van der Waals surface area contributed by atoms with E-state index in [4.69, 9.17) is 17.3 Å². The number of anilines is 1. The number of carbonyl (C=O) groups is 3. The van der Waals surface area contributed by atoms with Gasteiger partial charge >= 0.3 is 12.1 Å². The van der Waals surface area contributed by atoms with E-state index in [-0.39, 0.29) is 29.1 Å². The lowest BCUT2D eigenvalue weighted by molar-refractivity contribution is -0.189. The molecule has 2 aromatic rings. The van der Waals surface area contributed by atoms with Gasteiger partial charge in [0.05, 0.1) is 5.69 Å². The van der Waals surface area contributed by atoms with Gasteiger partial charge in [-0.05, 0) is 61.6 Å². The molecule has 4 N–H and O–H groups in total. The van der Waals surface area contributed by atoms with Gasteiger partial charge in [-0.25, -0.2) is 4.79 Å². The lowest BCUT2D eigenvalue weighted by atomic mass is 9.68. The maximum absolute atomic E-state index is 12.8. The molecule has 7 nitrogen and oxygen atoms in total. The summed E-state index contributed by atoms with van der Waals surface area (Å²) in [6.07, 6.45) is -2.21. The van der Waals surface area contributed by atoms with Gasteiger partial charge in [-0.15, -0.1) is 0 Å². The number of amides is 2. The number of rotatable bonds is 7. The second-order valence-corrected chi connectivity index (χ2v) is 8.54. The Labute approximate surface area is 198 Å². The molecule has 2 amide bonds. The van der Waals surface area contributed by atoms with Crippen molar-refractivity contribution in [2.24, 2.45) is 5.73 Å². The molecular formula is C23H23ClF3N3O4. The number of halogens is 4. The Hall–Kier alpha value is -3.11. The van der Waals surface area contributed by atoms with Crippen LogP contribution in [0.25, 0.3) is 0 Å². The molecule has 34 heavy (non-hydrogen) atoms. The first-order valence-electron chi connectivity index (χ1n) is 10.5. The lowest BCUT2D eigenvalue weighted by Crippen LogP contribution is -2.45. The smallest absolute Gasteiger partial charge is 0.418 e. The van der Waals surface area contributed by atoms with Gasteiger partial charge < -0.3 is 21.1 Å². The van der Waals surface area contributed by atoms with Crippen molar-refractivity contribution in [3.8, 4) is 5.75 Å². The maximum atomic E-state index is 12.8. The summed E-state index contributed by atoms with van der Waals surface area (Å²) in [6, 6.07) is 10.8. The molecule has 182 valence electrons. The van der Waals surface area contributed by atoms with Crippen LogP contribution in [0.15, 0.2) is 42.5 Å². The van der Waals surface area contributed by atoms with Gasteiger partial charge in [0.2, 0.25) is 6.41 Å². The predicted octanol–water partition coefficient (Wildman–Crippen LogP) is 3.95. The molecule has 11 heteroatoms. The molecule has 3 rings (SSSR count). The van der Waals surface area contributed by atoms with Gasteiger partial charge in [-0.1, -0.05) is 23.7 Å². The van der Waals surface area contributed by atoms with Crippen molar-refractivity contribution >= 4 is 35.6 Å². The van der Waals surface area contributed by atoms with Crippen LogP contribution in [0.1, 0.15) is 41.6 Å². The van der Waals surface area contributed by atoms with Crippen LogP contribution in [-0.2, 0) is 15.0 Å². The molecule has 2 aromatic carbocycles. The van der Waals surface area contributed by atoms with Crippen molar-refractivity contribution < 1.29 is 32.3 Å². The van der Waals surface area contributed by atoms with Gasteiger partial charge in [0.25, 0.3) is 5.91 Å². The molecule has 0 aromatic heterocycles. The third kappa shape index (κ3) is 5.87. The zero-order valence-corrected chi connectivity index (χ0v) is 18.7. The van der Waals surface area contributed by atoms with Crippen LogP contribution >= 0.6 is 11.6 Å². The molecule has 0 aliphatic heterocycles. The van der Waals surface area contributed by atoms with Gasteiger partial charge in [0, 0.05) is 28.6 Å². The van der Waals surface area contributed by atoms with E-state index in [0.717, 1.165) is 30.5 Å². The van der Waals surface area contributed by atoms with Crippen LogP contribution in [0.3, 0.4) is 0 Å².